The van der Waals surface area contributed by atoms with Crippen LogP contribution in [0.5, 0.6) is 0 Å². The van der Waals surface area contributed by atoms with Crippen LogP contribution < -0.4 is 5.32 Å². The molecule has 0 radical (unpaired) electrons. The van der Waals surface area contributed by atoms with E-state index in [-0.39, 0.29) is 0 Å². The lowest BCUT2D eigenvalue weighted by atomic mass is 10.2. The summed E-state index contributed by atoms with van der Waals surface area (Å²) >= 11 is 9.16. The van der Waals surface area contributed by atoms with Crippen molar-refractivity contribution in [3.05, 3.63) is 65.1 Å². The first-order valence-electron chi connectivity index (χ1n) is 7.59. The molecule has 5 nitrogen and oxygen atoms in total. The van der Waals surface area contributed by atoms with E-state index in [2.05, 4.69) is 39.6 Å². The number of nitrogens with zero attached hydrogens (tertiary/aromatic N) is 4. The van der Waals surface area contributed by atoms with Crippen molar-refractivity contribution in [2.45, 2.75) is 17.0 Å². The molecule has 0 spiro atoms. The molecule has 1 aromatic carbocycles. The number of pyridine rings is 1. The van der Waals surface area contributed by atoms with Crippen LogP contribution in [-0.2, 0) is 5.75 Å². The van der Waals surface area contributed by atoms with Crippen LogP contribution in [0.25, 0.3) is 5.65 Å². The first-order chi connectivity index (χ1) is 12.2. The molecule has 0 fully saturated rings. The zero-order chi connectivity index (χ0) is 17.2. The highest BCUT2D eigenvalue weighted by atomic mass is 35.5. The summed E-state index contributed by atoms with van der Waals surface area (Å²) in [4.78, 5) is 4.58. The van der Waals surface area contributed by atoms with Crippen LogP contribution in [0.3, 0.4) is 0 Å². The molecule has 25 heavy (non-hydrogen) atoms. The summed E-state index contributed by atoms with van der Waals surface area (Å²) in [6.07, 6.45) is 3.84. The van der Waals surface area contributed by atoms with Crippen molar-refractivity contribution < 1.29 is 0 Å². The number of halogens is 1. The van der Waals surface area contributed by atoms with Gasteiger partial charge in [-0.25, -0.2) is 4.98 Å². The zero-order valence-corrected chi connectivity index (χ0v) is 15.7. The third kappa shape index (κ3) is 3.95. The Hall–Kier alpha value is -2.09. The predicted molar refractivity (Wildman–Crippen MR) is 104 cm³/mol. The molecule has 1 N–H and O–H groups in total. The highest BCUT2D eigenvalue weighted by Crippen LogP contribution is 2.30. The Morgan fingerprint density at radius 1 is 1.12 bits per heavy atom. The number of anilines is 2. The summed E-state index contributed by atoms with van der Waals surface area (Å²) in [5, 5.41) is 13.2. The Balaban J connectivity index is 1.41. The van der Waals surface area contributed by atoms with Crippen molar-refractivity contribution in [1.29, 1.82) is 0 Å². The first kappa shape index (κ1) is 16.4. The molecule has 4 aromatic rings. The summed E-state index contributed by atoms with van der Waals surface area (Å²) in [6.45, 7) is 2.07. The molecule has 0 atom stereocenters. The number of rotatable bonds is 5. The third-order valence-electron chi connectivity index (χ3n) is 3.52. The molecule has 3 aromatic heterocycles. The van der Waals surface area contributed by atoms with Gasteiger partial charge in [0.2, 0.25) is 5.13 Å². The minimum absolute atomic E-state index is 0.694. The smallest absolute Gasteiger partial charge is 0.210 e. The van der Waals surface area contributed by atoms with Crippen molar-refractivity contribution in [2.24, 2.45) is 0 Å². The number of aryl methyl sites for hydroxylation is 1. The van der Waals surface area contributed by atoms with E-state index in [9.17, 15) is 0 Å². The number of imidazole rings is 1. The van der Waals surface area contributed by atoms with Gasteiger partial charge in [-0.2, -0.15) is 0 Å². The fraction of sp³-hybridized carbons (Fsp3) is 0.118. The second-order valence-electron chi connectivity index (χ2n) is 5.50. The Kier molecular flexibility index (Phi) is 4.61. The average molecular weight is 388 g/mol. The number of hydrogen-bond donors (Lipinski definition) is 1. The summed E-state index contributed by atoms with van der Waals surface area (Å²) in [5.41, 5.74) is 4.11. The normalized spacial score (nSPS) is 11.1. The first-order valence-corrected chi connectivity index (χ1v) is 9.77. The lowest BCUT2D eigenvalue weighted by molar-refractivity contribution is 1.01. The summed E-state index contributed by atoms with van der Waals surface area (Å²) < 4.78 is 2.84. The van der Waals surface area contributed by atoms with E-state index < -0.39 is 0 Å². The molecular weight excluding hydrogens is 374 g/mol. The van der Waals surface area contributed by atoms with Gasteiger partial charge in [-0.05, 0) is 31.2 Å². The van der Waals surface area contributed by atoms with Gasteiger partial charge < -0.3 is 9.72 Å². The number of thioether (sulfide) groups is 1. The second kappa shape index (κ2) is 7.03. The van der Waals surface area contributed by atoms with Crippen LogP contribution in [-0.4, -0.2) is 19.6 Å². The van der Waals surface area contributed by atoms with Crippen molar-refractivity contribution in [3.63, 3.8) is 0 Å². The maximum Gasteiger partial charge on any atom is 0.210 e. The van der Waals surface area contributed by atoms with Crippen LogP contribution in [0.2, 0.25) is 5.02 Å². The third-order valence-corrected chi connectivity index (χ3v) is 5.75. The van der Waals surface area contributed by atoms with Crippen molar-refractivity contribution in [3.8, 4) is 0 Å². The number of benzene rings is 1. The monoisotopic (exact) mass is 387 g/mol. The van der Waals surface area contributed by atoms with E-state index in [0.29, 0.717) is 5.02 Å². The lowest BCUT2D eigenvalue weighted by Gasteiger charge is -2.01. The van der Waals surface area contributed by atoms with E-state index in [1.165, 1.54) is 16.9 Å². The highest BCUT2D eigenvalue weighted by molar-refractivity contribution is 8.00. The van der Waals surface area contributed by atoms with Gasteiger partial charge in [-0.1, -0.05) is 52.4 Å². The molecule has 0 bridgehead atoms. The van der Waals surface area contributed by atoms with E-state index in [0.717, 1.165) is 32.3 Å². The van der Waals surface area contributed by atoms with Crippen molar-refractivity contribution >= 4 is 51.2 Å². The molecule has 0 saturated carbocycles. The minimum Gasteiger partial charge on any atom is -0.330 e. The van der Waals surface area contributed by atoms with E-state index in [1.54, 1.807) is 11.8 Å². The lowest BCUT2D eigenvalue weighted by Crippen LogP contribution is -1.88. The molecule has 0 saturated heterocycles. The molecule has 0 aliphatic rings. The summed E-state index contributed by atoms with van der Waals surface area (Å²) in [6, 6.07) is 11.9. The fourth-order valence-corrected chi connectivity index (χ4v) is 4.13. The number of fused-ring (bicyclic) bond motifs is 1. The SMILES string of the molecule is Cc1ccc(Nc2nnc(SCc3cn4cc(Cl)ccc4n3)s2)cc1. The second-order valence-corrected chi connectivity index (χ2v) is 8.13. The topological polar surface area (TPSA) is 55.1 Å². The van der Waals surface area contributed by atoms with Crippen LogP contribution in [0.1, 0.15) is 11.3 Å². The minimum atomic E-state index is 0.694. The molecule has 3 heterocycles. The number of aromatic nitrogens is 4. The molecule has 0 amide bonds. The van der Waals surface area contributed by atoms with Gasteiger partial charge >= 0.3 is 0 Å². The van der Waals surface area contributed by atoms with Crippen molar-refractivity contribution in [2.75, 3.05) is 5.32 Å². The number of nitrogens with one attached hydrogen (secondary N) is 1. The van der Waals surface area contributed by atoms with Crippen LogP contribution in [0, 0.1) is 6.92 Å². The highest BCUT2D eigenvalue weighted by Gasteiger charge is 2.08. The quantitative estimate of drug-likeness (QED) is 0.478. The van der Waals surface area contributed by atoms with Gasteiger partial charge in [0.05, 0.1) is 10.7 Å². The number of hydrogen-bond acceptors (Lipinski definition) is 6. The Bertz CT molecular complexity index is 1010. The molecular formula is C17H14ClN5S2. The Morgan fingerprint density at radius 2 is 1.96 bits per heavy atom. The summed E-state index contributed by atoms with van der Waals surface area (Å²) in [7, 11) is 0. The molecule has 8 heteroatoms. The molecule has 126 valence electrons. The zero-order valence-electron chi connectivity index (χ0n) is 13.3. The molecule has 0 aliphatic heterocycles. The van der Waals surface area contributed by atoms with Gasteiger partial charge in [0, 0.05) is 23.8 Å². The van der Waals surface area contributed by atoms with Gasteiger partial charge in [-0.15, -0.1) is 10.2 Å². The largest absolute Gasteiger partial charge is 0.330 e. The van der Waals surface area contributed by atoms with Crippen LogP contribution in [0.15, 0.2) is 53.1 Å². The molecule has 0 aliphatic carbocycles. The van der Waals surface area contributed by atoms with Crippen LogP contribution in [0.4, 0.5) is 10.8 Å². The average Bonchev–Trinajstić information content (AvgIpc) is 3.21. The van der Waals surface area contributed by atoms with E-state index in [1.807, 2.05) is 41.1 Å². The van der Waals surface area contributed by atoms with Gasteiger partial charge in [0.25, 0.3) is 0 Å². The predicted octanol–water partition coefficient (Wildman–Crippen LogP) is 5.18. The molecule has 0 unspecified atom stereocenters. The van der Waals surface area contributed by atoms with Gasteiger partial charge in [0.15, 0.2) is 4.34 Å². The van der Waals surface area contributed by atoms with Gasteiger partial charge in [-0.3, -0.25) is 0 Å². The summed E-state index contributed by atoms with van der Waals surface area (Å²) in [5.74, 6) is 0.735. The Morgan fingerprint density at radius 3 is 2.80 bits per heavy atom. The standard InChI is InChI=1S/C17H14ClN5S2/c1-11-2-5-13(6-3-11)20-16-21-22-17(25-16)24-10-14-9-23-8-12(18)4-7-15(23)19-14/h2-9H,10H2,1H3,(H,20,21). The maximum atomic E-state index is 6.00. The Labute approximate surface area is 158 Å². The van der Waals surface area contributed by atoms with Crippen molar-refractivity contribution in [1.82, 2.24) is 19.6 Å². The fourth-order valence-electron chi connectivity index (χ4n) is 2.30. The van der Waals surface area contributed by atoms with Crippen LogP contribution >= 0.6 is 34.7 Å². The van der Waals surface area contributed by atoms with E-state index in [4.69, 9.17) is 11.6 Å². The maximum absolute atomic E-state index is 6.00. The molecule has 4 rings (SSSR count). The van der Waals surface area contributed by atoms with Gasteiger partial charge in [0.1, 0.15) is 5.65 Å². The van der Waals surface area contributed by atoms with E-state index >= 15 is 0 Å².